The molecular formula is C12H21N3O2. The quantitative estimate of drug-likeness (QED) is 0.869. The fourth-order valence-corrected chi connectivity index (χ4v) is 2.10. The third-order valence-electron chi connectivity index (χ3n) is 3.65. The topological polar surface area (TPSA) is 74.2 Å². The van der Waals surface area contributed by atoms with Crippen LogP contribution < -0.4 is 5.73 Å². The van der Waals surface area contributed by atoms with Gasteiger partial charge in [0.2, 0.25) is 5.89 Å². The Morgan fingerprint density at radius 2 is 2.18 bits per heavy atom. The molecule has 5 nitrogen and oxygen atoms in total. The van der Waals surface area contributed by atoms with Crippen molar-refractivity contribution in [2.24, 2.45) is 5.73 Å². The zero-order chi connectivity index (χ0) is 12.3. The van der Waals surface area contributed by atoms with Gasteiger partial charge in [0.15, 0.2) is 5.82 Å². The van der Waals surface area contributed by atoms with E-state index in [1.807, 2.05) is 13.8 Å². The molecule has 5 heteroatoms. The number of nitrogens with two attached hydrogens (primary N) is 1. The lowest BCUT2D eigenvalue weighted by molar-refractivity contribution is 0.0773. The number of rotatable bonds is 4. The SMILES string of the molecule is CCC(N)(CC)c1nc(C2CCCOC2)no1. The molecule has 0 spiro atoms. The van der Waals surface area contributed by atoms with E-state index in [9.17, 15) is 0 Å². The summed E-state index contributed by atoms with van der Waals surface area (Å²) in [4.78, 5) is 4.46. The summed E-state index contributed by atoms with van der Waals surface area (Å²) in [6, 6.07) is 0. The first-order valence-electron chi connectivity index (χ1n) is 6.40. The van der Waals surface area contributed by atoms with Crippen molar-refractivity contribution in [3.05, 3.63) is 11.7 Å². The van der Waals surface area contributed by atoms with Crippen molar-refractivity contribution in [3.8, 4) is 0 Å². The van der Waals surface area contributed by atoms with Crippen molar-refractivity contribution in [1.82, 2.24) is 10.1 Å². The molecule has 1 unspecified atom stereocenters. The number of hydrogen-bond donors (Lipinski definition) is 1. The highest BCUT2D eigenvalue weighted by atomic mass is 16.5. The van der Waals surface area contributed by atoms with Gasteiger partial charge in [-0.2, -0.15) is 4.98 Å². The van der Waals surface area contributed by atoms with Crippen LogP contribution in [-0.2, 0) is 10.3 Å². The Hall–Kier alpha value is -0.940. The third kappa shape index (κ3) is 2.50. The molecule has 0 saturated carbocycles. The van der Waals surface area contributed by atoms with E-state index >= 15 is 0 Å². The van der Waals surface area contributed by atoms with Crippen LogP contribution in [-0.4, -0.2) is 23.4 Å². The van der Waals surface area contributed by atoms with Crippen molar-refractivity contribution in [2.75, 3.05) is 13.2 Å². The van der Waals surface area contributed by atoms with Gasteiger partial charge in [0.1, 0.15) is 0 Å². The molecule has 1 aromatic heterocycles. The Kier molecular flexibility index (Phi) is 3.79. The average Bonchev–Trinajstić information content (AvgIpc) is 2.89. The van der Waals surface area contributed by atoms with E-state index < -0.39 is 5.54 Å². The summed E-state index contributed by atoms with van der Waals surface area (Å²) in [5.41, 5.74) is 5.75. The van der Waals surface area contributed by atoms with E-state index in [2.05, 4.69) is 10.1 Å². The van der Waals surface area contributed by atoms with Crippen LogP contribution >= 0.6 is 0 Å². The summed E-state index contributed by atoms with van der Waals surface area (Å²) >= 11 is 0. The number of nitrogens with zero attached hydrogens (tertiary/aromatic N) is 2. The summed E-state index contributed by atoms with van der Waals surface area (Å²) in [7, 11) is 0. The second kappa shape index (κ2) is 5.14. The van der Waals surface area contributed by atoms with E-state index in [1.54, 1.807) is 0 Å². The van der Waals surface area contributed by atoms with Gasteiger partial charge in [0, 0.05) is 12.5 Å². The van der Waals surface area contributed by atoms with Gasteiger partial charge in [-0.15, -0.1) is 0 Å². The maximum Gasteiger partial charge on any atom is 0.246 e. The van der Waals surface area contributed by atoms with Crippen molar-refractivity contribution in [2.45, 2.75) is 51.0 Å². The minimum absolute atomic E-state index is 0.263. The molecule has 2 heterocycles. The smallest absolute Gasteiger partial charge is 0.246 e. The molecule has 1 aliphatic rings. The van der Waals surface area contributed by atoms with Crippen LogP contribution in [0.25, 0.3) is 0 Å². The van der Waals surface area contributed by atoms with Crippen LogP contribution in [0.5, 0.6) is 0 Å². The first-order valence-corrected chi connectivity index (χ1v) is 6.40. The molecule has 1 saturated heterocycles. The highest BCUT2D eigenvalue weighted by Crippen LogP contribution is 2.28. The summed E-state index contributed by atoms with van der Waals surface area (Å²) < 4.78 is 10.8. The summed E-state index contributed by atoms with van der Waals surface area (Å²) in [6.07, 6.45) is 3.72. The minimum atomic E-state index is -0.485. The lowest BCUT2D eigenvalue weighted by atomic mass is 9.94. The fraction of sp³-hybridized carbons (Fsp3) is 0.833. The van der Waals surface area contributed by atoms with Gasteiger partial charge in [0.25, 0.3) is 0 Å². The van der Waals surface area contributed by atoms with Crippen LogP contribution in [0.2, 0.25) is 0 Å². The average molecular weight is 239 g/mol. The summed E-state index contributed by atoms with van der Waals surface area (Å²) in [6.45, 7) is 5.61. The Balaban J connectivity index is 2.14. The highest BCUT2D eigenvalue weighted by Gasteiger charge is 2.31. The maximum absolute atomic E-state index is 6.23. The number of ether oxygens (including phenoxy) is 1. The normalized spacial score (nSPS) is 21.7. The number of aromatic nitrogens is 2. The monoisotopic (exact) mass is 239 g/mol. The molecule has 0 aliphatic carbocycles. The van der Waals surface area contributed by atoms with Crippen molar-refractivity contribution in [1.29, 1.82) is 0 Å². The van der Waals surface area contributed by atoms with Gasteiger partial charge in [-0.3, -0.25) is 0 Å². The van der Waals surface area contributed by atoms with Gasteiger partial charge in [-0.05, 0) is 25.7 Å². The Labute approximate surface area is 102 Å². The van der Waals surface area contributed by atoms with Gasteiger partial charge in [0.05, 0.1) is 12.1 Å². The molecule has 2 rings (SSSR count). The van der Waals surface area contributed by atoms with Gasteiger partial charge >= 0.3 is 0 Å². The molecule has 0 amide bonds. The molecule has 1 aromatic rings. The molecule has 2 N–H and O–H groups in total. The Morgan fingerprint density at radius 3 is 2.76 bits per heavy atom. The molecule has 0 radical (unpaired) electrons. The van der Waals surface area contributed by atoms with Crippen LogP contribution in [0.1, 0.15) is 57.2 Å². The number of hydrogen-bond acceptors (Lipinski definition) is 5. The Bertz CT molecular complexity index is 354. The fourth-order valence-electron chi connectivity index (χ4n) is 2.10. The van der Waals surface area contributed by atoms with Crippen LogP contribution in [0.4, 0.5) is 0 Å². The van der Waals surface area contributed by atoms with Crippen LogP contribution in [0, 0.1) is 0 Å². The van der Waals surface area contributed by atoms with Crippen molar-refractivity contribution in [3.63, 3.8) is 0 Å². The molecule has 1 atom stereocenters. The van der Waals surface area contributed by atoms with E-state index in [4.69, 9.17) is 15.0 Å². The maximum atomic E-state index is 6.23. The molecule has 0 bridgehead atoms. The van der Waals surface area contributed by atoms with Crippen LogP contribution in [0.3, 0.4) is 0 Å². The van der Waals surface area contributed by atoms with E-state index in [0.717, 1.165) is 38.1 Å². The predicted octanol–water partition coefficient (Wildman–Crippen LogP) is 1.94. The van der Waals surface area contributed by atoms with E-state index in [-0.39, 0.29) is 5.92 Å². The predicted molar refractivity (Wildman–Crippen MR) is 63.5 cm³/mol. The molecule has 1 aliphatic heterocycles. The molecule has 0 aromatic carbocycles. The minimum Gasteiger partial charge on any atom is -0.381 e. The zero-order valence-electron chi connectivity index (χ0n) is 10.6. The molecule has 1 fully saturated rings. The van der Waals surface area contributed by atoms with E-state index in [1.165, 1.54) is 0 Å². The second-order valence-electron chi connectivity index (χ2n) is 4.74. The summed E-state index contributed by atoms with van der Waals surface area (Å²) in [5.74, 6) is 1.57. The van der Waals surface area contributed by atoms with Gasteiger partial charge in [-0.25, -0.2) is 0 Å². The first-order chi connectivity index (χ1) is 8.19. The lowest BCUT2D eigenvalue weighted by Gasteiger charge is -2.21. The van der Waals surface area contributed by atoms with Gasteiger partial charge < -0.3 is 15.0 Å². The molecular weight excluding hydrogens is 218 g/mol. The largest absolute Gasteiger partial charge is 0.381 e. The van der Waals surface area contributed by atoms with Crippen molar-refractivity contribution >= 4 is 0 Å². The molecule has 17 heavy (non-hydrogen) atoms. The standard InChI is InChI=1S/C12H21N3O2/c1-3-12(13,4-2)11-14-10(15-17-11)9-6-5-7-16-8-9/h9H,3-8,13H2,1-2H3. The van der Waals surface area contributed by atoms with Crippen molar-refractivity contribution < 1.29 is 9.26 Å². The zero-order valence-corrected chi connectivity index (χ0v) is 10.6. The second-order valence-corrected chi connectivity index (χ2v) is 4.74. The third-order valence-corrected chi connectivity index (χ3v) is 3.65. The van der Waals surface area contributed by atoms with Crippen LogP contribution in [0.15, 0.2) is 4.52 Å². The molecule has 96 valence electrons. The summed E-state index contributed by atoms with van der Waals surface area (Å²) in [5, 5.41) is 4.06. The van der Waals surface area contributed by atoms with Gasteiger partial charge in [-0.1, -0.05) is 19.0 Å². The Morgan fingerprint density at radius 1 is 1.41 bits per heavy atom. The lowest BCUT2D eigenvalue weighted by Crippen LogP contribution is -2.35. The highest BCUT2D eigenvalue weighted by molar-refractivity contribution is 5.04. The first kappa shape index (κ1) is 12.5. The van der Waals surface area contributed by atoms with E-state index in [0.29, 0.717) is 12.5 Å².